The van der Waals surface area contributed by atoms with Crippen LogP contribution in [0, 0.1) is 5.92 Å². The summed E-state index contributed by atoms with van der Waals surface area (Å²) in [7, 11) is -3.39. The lowest BCUT2D eigenvalue weighted by atomic mass is 10.1. The minimum absolute atomic E-state index is 0.000789. The summed E-state index contributed by atoms with van der Waals surface area (Å²) in [6, 6.07) is 4.98. The van der Waals surface area contributed by atoms with Crippen LogP contribution in [0.15, 0.2) is 29.8 Å². The van der Waals surface area contributed by atoms with Crippen LogP contribution in [0.2, 0.25) is 0 Å². The monoisotopic (exact) mass is 382 g/mol. The Hall–Kier alpha value is -1.93. The first-order chi connectivity index (χ1) is 11.7. The van der Waals surface area contributed by atoms with Gasteiger partial charge in [0.2, 0.25) is 10.0 Å². The third-order valence-electron chi connectivity index (χ3n) is 3.16. The molecule has 0 amide bonds. The highest BCUT2D eigenvalue weighted by atomic mass is 32.2. The highest BCUT2D eigenvalue weighted by molar-refractivity contribution is 7.92. The zero-order valence-electron chi connectivity index (χ0n) is 14.5. The lowest BCUT2D eigenvalue weighted by Crippen LogP contribution is -2.13. The first kappa shape index (κ1) is 19.4. The molecule has 0 aliphatic carbocycles. The third kappa shape index (κ3) is 6.83. The lowest BCUT2D eigenvalue weighted by molar-refractivity contribution is -0.117. The van der Waals surface area contributed by atoms with Crippen LogP contribution in [0.4, 0.5) is 5.69 Å². The number of thiazole rings is 1. The summed E-state index contributed by atoms with van der Waals surface area (Å²) in [5, 5.41) is 2.59. The van der Waals surface area contributed by atoms with Crippen molar-refractivity contribution < 1.29 is 17.9 Å². The molecule has 0 saturated carbocycles. The smallest absolute Gasteiger partial charge is 0.229 e. The number of ketones is 1. The molecule has 8 heteroatoms. The van der Waals surface area contributed by atoms with Gasteiger partial charge in [-0.1, -0.05) is 13.8 Å². The standard InChI is InChI=1S/C17H22N2O4S2/c1-12(2)11-23-16-5-4-14(19-25(3,21)22)8-13(16)9-15(20)10-17-18-6-7-24-17/h4-8,12,19H,9-11H2,1-3H3. The molecule has 6 nitrogen and oxygen atoms in total. The van der Waals surface area contributed by atoms with Gasteiger partial charge in [-0.3, -0.25) is 9.52 Å². The first-order valence-electron chi connectivity index (χ1n) is 7.86. The zero-order valence-corrected chi connectivity index (χ0v) is 16.1. The summed E-state index contributed by atoms with van der Waals surface area (Å²) < 4.78 is 31.1. The first-order valence-corrected chi connectivity index (χ1v) is 10.6. The average Bonchev–Trinajstić information content (AvgIpc) is 2.97. The van der Waals surface area contributed by atoms with Gasteiger partial charge in [-0.2, -0.15) is 0 Å². The number of nitrogens with one attached hydrogen (secondary N) is 1. The molecule has 0 saturated heterocycles. The van der Waals surface area contributed by atoms with E-state index in [0.717, 1.165) is 11.3 Å². The van der Waals surface area contributed by atoms with E-state index in [4.69, 9.17) is 4.74 Å². The number of nitrogens with zero attached hydrogens (tertiary/aromatic N) is 1. The number of hydrogen-bond donors (Lipinski definition) is 1. The molecule has 1 aromatic heterocycles. The van der Waals surface area contributed by atoms with Crippen molar-refractivity contribution in [2.24, 2.45) is 5.92 Å². The number of aromatic nitrogens is 1. The summed E-state index contributed by atoms with van der Waals surface area (Å²) in [6.07, 6.45) is 3.17. The molecule has 2 aromatic rings. The van der Waals surface area contributed by atoms with Crippen LogP contribution in [0.5, 0.6) is 5.75 Å². The highest BCUT2D eigenvalue weighted by Gasteiger charge is 2.14. The molecule has 2 rings (SSSR count). The zero-order chi connectivity index (χ0) is 18.4. The molecule has 136 valence electrons. The topological polar surface area (TPSA) is 85.4 Å². The third-order valence-corrected chi connectivity index (χ3v) is 4.54. The Morgan fingerprint density at radius 1 is 1.32 bits per heavy atom. The van der Waals surface area contributed by atoms with Crippen LogP contribution in [0.1, 0.15) is 24.4 Å². The Morgan fingerprint density at radius 2 is 2.08 bits per heavy atom. The van der Waals surface area contributed by atoms with E-state index in [9.17, 15) is 13.2 Å². The van der Waals surface area contributed by atoms with E-state index in [0.29, 0.717) is 29.5 Å². The molecule has 0 aliphatic rings. The maximum atomic E-state index is 12.3. The van der Waals surface area contributed by atoms with E-state index in [1.807, 2.05) is 19.2 Å². The summed E-state index contributed by atoms with van der Waals surface area (Å²) >= 11 is 1.44. The number of ether oxygens (including phenoxy) is 1. The van der Waals surface area contributed by atoms with E-state index in [1.54, 1.807) is 24.4 Å². The van der Waals surface area contributed by atoms with Gasteiger partial charge in [0.1, 0.15) is 11.5 Å². The van der Waals surface area contributed by atoms with Gasteiger partial charge >= 0.3 is 0 Å². The van der Waals surface area contributed by atoms with Crippen molar-refractivity contribution in [2.45, 2.75) is 26.7 Å². The quantitative estimate of drug-likeness (QED) is 0.721. The molecule has 0 aliphatic heterocycles. The van der Waals surface area contributed by atoms with E-state index >= 15 is 0 Å². The second kappa shape index (κ2) is 8.44. The SMILES string of the molecule is CC(C)COc1ccc(NS(C)(=O)=O)cc1CC(=O)Cc1nccs1. The van der Waals surface area contributed by atoms with Gasteiger partial charge in [0.05, 0.1) is 24.3 Å². The van der Waals surface area contributed by atoms with Crippen molar-refractivity contribution in [3.63, 3.8) is 0 Å². The molecule has 0 radical (unpaired) electrons. The van der Waals surface area contributed by atoms with Gasteiger partial charge in [-0.25, -0.2) is 13.4 Å². The molecule has 0 unspecified atom stereocenters. The maximum absolute atomic E-state index is 12.3. The molecular formula is C17H22N2O4S2. The minimum Gasteiger partial charge on any atom is -0.493 e. The van der Waals surface area contributed by atoms with Gasteiger partial charge in [0.15, 0.2) is 0 Å². The molecule has 1 aromatic carbocycles. The summed E-state index contributed by atoms with van der Waals surface area (Å²) in [5.41, 5.74) is 1.08. The Morgan fingerprint density at radius 3 is 2.68 bits per heavy atom. The number of sulfonamides is 1. The number of hydrogen-bond acceptors (Lipinski definition) is 6. The molecule has 1 heterocycles. The molecular weight excluding hydrogens is 360 g/mol. The molecule has 0 atom stereocenters. The number of carbonyl (C=O) groups excluding carboxylic acids is 1. The summed E-state index contributed by atoms with van der Waals surface area (Å²) in [4.78, 5) is 16.5. The lowest BCUT2D eigenvalue weighted by Gasteiger charge is -2.14. The Balaban J connectivity index is 2.19. The van der Waals surface area contributed by atoms with Gasteiger partial charge < -0.3 is 4.74 Å². The van der Waals surface area contributed by atoms with Gasteiger partial charge in [0, 0.05) is 29.2 Å². The normalized spacial score (nSPS) is 11.5. The second-order valence-electron chi connectivity index (χ2n) is 6.22. The Kier molecular flexibility index (Phi) is 6.55. The maximum Gasteiger partial charge on any atom is 0.229 e. The number of anilines is 1. The van der Waals surface area contributed by atoms with Gasteiger partial charge in [-0.15, -0.1) is 11.3 Å². The van der Waals surface area contributed by atoms with E-state index in [-0.39, 0.29) is 18.6 Å². The van der Waals surface area contributed by atoms with Crippen LogP contribution in [0.3, 0.4) is 0 Å². The second-order valence-corrected chi connectivity index (χ2v) is 8.95. The van der Waals surface area contributed by atoms with Crippen molar-refractivity contribution in [1.29, 1.82) is 0 Å². The highest BCUT2D eigenvalue weighted by Crippen LogP contribution is 2.25. The number of carbonyl (C=O) groups is 1. The van der Waals surface area contributed by atoms with Crippen molar-refractivity contribution in [3.05, 3.63) is 40.3 Å². The van der Waals surface area contributed by atoms with E-state index in [2.05, 4.69) is 9.71 Å². The van der Waals surface area contributed by atoms with Gasteiger partial charge in [-0.05, 0) is 24.1 Å². The van der Waals surface area contributed by atoms with E-state index in [1.165, 1.54) is 11.3 Å². The fraction of sp³-hybridized carbons (Fsp3) is 0.412. The molecule has 0 bridgehead atoms. The van der Waals surface area contributed by atoms with Crippen molar-refractivity contribution >= 4 is 32.8 Å². The predicted molar refractivity (Wildman–Crippen MR) is 99.8 cm³/mol. The average molecular weight is 383 g/mol. The van der Waals surface area contributed by atoms with Crippen molar-refractivity contribution in [1.82, 2.24) is 4.98 Å². The summed E-state index contributed by atoms with van der Waals surface area (Å²) in [6.45, 7) is 4.59. The Labute approximate surface area is 152 Å². The predicted octanol–water partition coefficient (Wildman–Crippen LogP) is 2.90. The minimum atomic E-state index is -3.39. The number of rotatable bonds is 9. The van der Waals surface area contributed by atoms with Crippen LogP contribution < -0.4 is 9.46 Å². The Bertz CT molecular complexity index is 815. The van der Waals surface area contributed by atoms with Crippen LogP contribution in [0.25, 0.3) is 0 Å². The van der Waals surface area contributed by atoms with Crippen LogP contribution >= 0.6 is 11.3 Å². The molecule has 25 heavy (non-hydrogen) atoms. The van der Waals surface area contributed by atoms with Crippen LogP contribution in [-0.2, 0) is 27.7 Å². The summed E-state index contributed by atoms with van der Waals surface area (Å²) in [5.74, 6) is 0.939. The molecule has 0 fully saturated rings. The van der Waals surface area contributed by atoms with Gasteiger partial charge in [0.25, 0.3) is 0 Å². The largest absolute Gasteiger partial charge is 0.493 e. The number of Topliss-reactive ketones (excluding diaryl/α,β-unsaturated/α-hetero) is 1. The van der Waals surface area contributed by atoms with Crippen molar-refractivity contribution in [2.75, 3.05) is 17.6 Å². The van der Waals surface area contributed by atoms with Crippen LogP contribution in [-0.4, -0.2) is 32.0 Å². The fourth-order valence-electron chi connectivity index (χ4n) is 2.18. The number of benzene rings is 1. The molecule has 0 spiro atoms. The van der Waals surface area contributed by atoms with Crippen molar-refractivity contribution in [3.8, 4) is 5.75 Å². The van der Waals surface area contributed by atoms with E-state index < -0.39 is 10.0 Å². The molecule has 1 N–H and O–H groups in total. The fourth-order valence-corrected chi connectivity index (χ4v) is 3.38.